The van der Waals surface area contributed by atoms with E-state index < -0.39 is 5.91 Å². The maximum Gasteiger partial charge on any atom is 0.301 e. The first kappa shape index (κ1) is 9.33. The molecule has 13 heavy (non-hydrogen) atoms. The minimum Gasteiger partial charge on any atom is -0.300 e. The van der Waals surface area contributed by atoms with Crippen molar-refractivity contribution in [2.75, 3.05) is 5.32 Å². The summed E-state index contributed by atoms with van der Waals surface area (Å²) in [6.45, 7) is 2.81. The van der Waals surface area contributed by atoms with E-state index in [1.807, 2.05) is 12.8 Å². The fourth-order valence-electron chi connectivity index (χ4n) is 0.981. The number of rotatable bonds is 3. The zero-order chi connectivity index (χ0) is 9.68. The second kappa shape index (κ2) is 4.31. The van der Waals surface area contributed by atoms with Crippen LogP contribution < -0.4 is 5.32 Å². The molecular weight excluding hydrogens is 166 g/mol. The number of aryl methyl sites for hydroxylation is 1. The minimum absolute atomic E-state index is 0.446. The van der Waals surface area contributed by atoms with E-state index in [9.17, 15) is 4.79 Å². The Labute approximate surface area is 76.9 Å². The lowest BCUT2D eigenvalue weighted by Gasteiger charge is -2.04. The van der Waals surface area contributed by atoms with Gasteiger partial charge in [0.15, 0.2) is 0 Å². The molecule has 0 saturated heterocycles. The Morgan fingerprint density at radius 1 is 1.85 bits per heavy atom. The quantitative estimate of drug-likeness (QED) is 0.696. The lowest BCUT2D eigenvalue weighted by atomic mass is 10.5. The summed E-state index contributed by atoms with van der Waals surface area (Å²) in [5.41, 5.74) is 0. The number of carbonyl (C=O) groups is 1. The van der Waals surface area contributed by atoms with Crippen molar-refractivity contribution < 1.29 is 4.79 Å². The number of nitrogens with zero attached hydrogens (tertiary/aromatic N) is 2. The van der Waals surface area contributed by atoms with Gasteiger partial charge in [-0.1, -0.05) is 6.92 Å². The van der Waals surface area contributed by atoms with Crippen LogP contribution in [0.25, 0.3) is 0 Å². The zero-order valence-electron chi connectivity index (χ0n) is 7.45. The molecule has 0 unspecified atom stereocenters. The van der Waals surface area contributed by atoms with Crippen molar-refractivity contribution in [1.82, 2.24) is 9.78 Å². The van der Waals surface area contributed by atoms with Gasteiger partial charge in [0.05, 0.1) is 6.20 Å². The van der Waals surface area contributed by atoms with E-state index in [2.05, 4.69) is 10.4 Å². The molecule has 0 spiro atoms. The average molecular weight is 177 g/mol. The summed E-state index contributed by atoms with van der Waals surface area (Å²) in [4.78, 5) is 10.8. The van der Waals surface area contributed by atoms with Crippen LogP contribution in [-0.4, -0.2) is 15.7 Å². The Morgan fingerprint density at radius 3 is 3.23 bits per heavy atom. The summed E-state index contributed by atoms with van der Waals surface area (Å²) in [7, 11) is 0. The van der Waals surface area contributed by atoms with E-state index in [0.29, 0.717) is 5.82 Å². The van der Waals surface area contributed by atoms with Crippen LogP contribution in [0.3, 0.4) is 0 Å². The predicted octanol–water partition coefficient (Wildman–Crippen LogP) is 0.865. The molecule has 0 bridgehead atoms. The first-order valence-electron chi connectivity index (χ1n) is 4.07. The number of carbonyl (C=O) groups excluding carboxylic acids is 1. The van der Waals surface area contributed by atoms with Gasteiger partial charge in [-0.3, -0.25) is 10.1 Å². The Morgan fingerprint density at radius 2 is 2.62 bits per heavy atom. The van der Waals surface area contributed by atoms with Gasteiger partial charge in [0.25, 0.3) is 0 Å². The number of amides is 1. The molecule has 0 aliphatic heterocycles. The van der Waals surface area contributed by atoms with E-state index in [-0.39, 0.29) is 0 Å². The van der Waals surface area contributed by atoms with Crippen LogP contribution in [0.15, 0.2) is 12.3 Å². The van der Waals surface area contributed by atoms with Crippen molar-refractivity contribution in [3.8, 4) is 12.3 Å². The van der Waals surface area contributed by atoms with Crippen molar-refractivity contribution in [2.24, 2.45) is 0 Å². The van der Waals surface area contributed by atoms with E-state index in [1.165, 1.54) is 0 Å². The van der Waals surface area contributed by atoms with E-state index in [4.69, 9.17) is 6.42 Å². The Kier molecular flexibility index (Phi) is 3.09. The number of aromatic nitrogens is 2. The molecule has 0 aliphatic carbocycles. The van der Waals surface area contributed by atoms with Gasteiger partial charge in [0, 0.05) is 12.6 Å². The Balaban J connectivity index is 2.71. The summed E-state index contributed by atoms with van der Waals surface area (Å²) >= 11 is 0. The van der Waals surface area contributed by atoms with Crippen molar-refractivity contribution in [3.05, 3.63) is 12.3 Å². The fourth-order valence-corrected chi connectivity index (χ4v) is 0.981. The number of anilines is 1. The Bertz CT molecular complexity index is 335. The van der Waals surface area contributed by atoms with Crippen LogP contribution >= 0.6 is 0 Å². The summed E-state index contributed by atoms with van der Waals surface area (Å²) in [5.74, 6) is 2.18. The number of hydrogen-bond donors (Lipinski definition) is 1. The van der Waals surface area contributed by atoms with Crippen molar-refractivity contribution in [3.63, 3.8) is 0 Å². The van der Waals surface area contributed by atoms with Gasteiger partial charge in [0.1, 0.15) is 5.82 Å². The fraction of sp³-hybridized carbons (Fsp3) is 0.333. The molecule has 0 aromatic carbocycles. The van der Waals surface area contributed by atoms with Gasteiger partial charge in [-0.05, 0) is 12.3 Å². The average Bonchev–Trinajstić information content (AvgIpc) is 2.54. The monoisotopic (exact) mass is 177 g/mol. The number of nitrogens with one attached hydrogen (secondary N) is 1. The molecule has 1 N–H and O–H groups in total. The smallest absolute Gasteiger partial charge is 0.300 e. The number of terminal acetylenes is 1. The van der Waals surface area contributed by atoms with Gasteiger partial charge in [-0.2, -0.15) is 5.10 Å². The molecule has 0 radical (unpaired) electrons. The van der Waals surface area contributed by atoms with Crippen LogP contribution in [0.1, 0.15) is 13.3 Å². The normalized spacial score (nSPS) is 9.23. The molecule has 1 heterocycles. The molecule has 68 valence electrons. The predicted molar refractivity (Wildman–Crippen MR) is 50.0 cm³/mol. The molecule has 4 nitrogen and oxygen atoms in total. The third kappa shape index (κ3) is 2.34. The Hall–Kier alpha value is -1.76. The summed E-state index contributed by atoms with van der Waals surface area (Å²) in [6, 6.07) is 1.71. The van der Waals surface area contributed by atoms with Crippen LogP contribution in [0.4, 0.5) is 5.82 Å². The highest BCUT2D eigenvalue weighted by atomic mass is 16.1. The summed E-state index contributed by atoms with van der Waals surface area (Å²) in [5, 5.41) is 6.58. The highest BCUT2D eigenvalue weighted by molar-refractivity contribution is 6.02. The van der Waals surface area contributed by atoms with Crippen LogP contribution in [0.5, 0.6) is 0 Å². The molecule has 0 saturated carbocycles. The first-order chi connectivity index (χ1) is 6.27. The molecule has 1 amide bonds. The molecule has 1 rings (SSSR count). The lowest BCUT2D eigenvalue weighted by molar-refractivity contribution is -0.111. The molecule has 4 heteroatoms. The minimum atomic E-state index is -0.446. The molecule has 0 fully saturated rings. The maximum absolute atomic E-state index is 10.8. The van der Waals surface area contributed by atoms with Crippen LogP contribution in [0.2, 0.25) is 0 Å². The second-order valence-electron chi connectivity index (χ2n) is 2.54. The van der Waals surface area contributed by atoms with Crippen molar-refractivity contribution in [2.45, 2.75) is 19.9 Å². The van der Waals surface area contributed by atoms with Crippen molar-refractivity contribution in [1.29, 1.82) is 0 Å². The highest BCUT2D eigenvalue weighted by Gasteiger charge is 2.03. The standard InChI is InChI=1S/C9H11N3O/c1-3-7-12-8(5-6-10-12)11-9(13)4-2/h2,5-6H,3,7H2,1H3,(H,11,13). The molecule has 1 aromatic heterocycles. The lowest BCUT2D eigenvalue weighted by Crippen LogP contribution is -2.13. The largest absolute Gasteiger partial charge is 0.301 e. The second-order valence-corrected chi connectivity index (χ2v) is 2.54. The van der Waals surface area contributed by atoms with Crippen molar-refractivity contribution >= 4 is 11.7 Å². The van der Waals surface area contributed by atoms with Gasteiger partial charge >= 0.3 is 5.91 Å². The highest BCUT2D eigenvalue weighted by Crippen LogP contribution is 2.05. The van der Waals surface area contributed by atoms with Gasteiger partial charge < -0.3 is 0 Å². The van der Waals surface area contributed by atoms with Crippen LogP contribution in [0, 0.1) is 12.3 Å². The maximum atomic E-state index is 10.8. The number of hydrogen-bond acceptors (Lipinski definition) is 2. The SMILES string of the molecule is C#CC(=O)Nc1ccnn1CCC. The third-order valence-corrected chi connectivity index (χ3v) is 1.52. The van der Waals surface area contributed by atoms with E-state index >= 15 is 0 Å². The van der Waals surface area contributed by atoms with E-state index in [0.717, 1.165) is 13.0 Å². The third-order valence-electron chi connectivity index (χ3n) is 1.52. The van der Waals surface area contributed by atoms with Gasteiger partial charge in [0.2, 0.25) is 0 Å². The summed E-state index contributed by atoms with van der Waals surface area (Å²) in [6.07, 6.45) is 7.51. The van der Waals surface area contributed by atoms with E-state index in [1.54, 1.807) is 16.9 Å². The first-order valence-corrected chi connectivity index (χ1v) is 4.07. The molecule has 1 aromatic rings. The molecule has 0 aliphatic rings. The van der Waals surface area contributed by atoms with Gasteiger partial charge in [-0.25, -0.2) is 4.68 Å². The van der Waals surface area contributed by atoms with Crippen LogP contribution in [-0.2, 0) is 11.3 Å². The topological polar surface area (TPSA) is 46.9 Å². The van der Waals surface area contributed by atoms with Gasteiger partial charge in [-0.15, -0.1) is 6.42 Å². The summed E-state index contributed by atoms with van der Waals surface area (Å²) < 4.78 is 1.70. The molecule has 0 atom stereocenters. The molecular formula is C9H11N3O. The zero-order valence-corrected chi connectivity index (χ0v) is 7.45.